The Morgan fingerprint density at radius 1 is 0.354 bits per heavy atom. The van der Waals surface area contributed by atoms with Crippen molar-refractivity contribution in [3.05, 3.63) is 293 Å². The van der Waals surface area contributed by atoms with Gasteiger partial charge in [-0.3, -0.25) is 18.3 Å². The monoisotopic (exact) mass is 1280 g/mol. The second-order valence-electron chi connectivity index (χ2n) is 25.6. The van der Waals surface area contributed by atoms with Crippen molar-refractivity contribution in [1.82, 2.24) is 48.2 Å². The van der Waals surface area contributed by atoms with Gasteiger partial charge in [-0.15, -0.1) is 0 Å². The first kappa shape index (κ1) is 58.6. The summed E-state index contributed by atoms with van der Waals surface area (Å²) in [7, 11) is 5.42. The summed E-state index contributed by atoms with van der Waals surface area (Å²) in [4.78, 5) is 57.4. The van der Waals surface area contributed by atoms with E-state index in [-0.39, 0.29) is 11.4 Å². The van der Waals surface area contributed by atoms with Gasteiger partial charge in [0.05, 0.1) is 28.6 Å². The minimum absolute atomic E-state index is 0.0602. The van der Waals surface area contributed by atoms with Gasteiger partial charge in [-0.25, -0.2) is 39.5 Å². The number of nitrogens with zero attached hydrogens (tertiary/aromatic N) is 10. The van der Waals surface area contributed by atoms with E-state index in [9.17, 15) is 9.59 Å². The van der Waals surface area contributed by atoms with E-state index in [1.807, 2.05) is 133 Å². The maximum atomic E-state index is 14.2. The van der Waals surface area contributed by atoms with Gasteiger partial charge in [0.25, 0.3) is 0 Å². The number of furan rings is 2. The molecule has 6 aromatic heterocycles. The number of aromatic nitrogens is 10. The maximum absolute atomic E-state index is 14.2. The standard InChI is InChI=1S/C85H60N10O4/c1-50-15-13-24-73-77(50)68-40-35-62(48-76(68)98-73)64-22-11-12-23-67(64)83-90-79(55-18-9-6-10-19-55)87-81(91-83)57-32-28-53(29-33-57)60-37-42-70-72(46-60)94(4)85(97)95(70)49-51-25-38-65-66-39-34-61(47-75(66)99-74(65)43-51)58-20-14-21-63(44-58)82-88-78(54-16-7-5-8-17-54)86-80(89-82)56-30-26-52(27-31-56)59-36-41-69-71(45-59)93(3)84(96)92(69)2/h5-14,16-48,50H,15,49H2,1-4H3. The number of hydrogen-bond acceptors (Lipinski definition) is 10. The molecular weight excluding hydrogens is 1230 g/mol. The molecule has 6 heterocycles. The van der Waals surface area contributed by atoms with Crippen molar-refractivity contribution in [2.45, 2.75) is 25.8 Å². The third-order valence-corrected chi connectivity index (χ3v) is 19.5. The molecule has 0 radical (unpaired) electrons. The SMILES string of the molecule is CC1CC=Cc2oc3cc(-c4ccccc4-c4nc(-c5ccccc5)nc(-c5ccc(-c6ccc7c(c6)n(C)c(=O)n7Cc6ccc7c(c6)oc6cc(-c8cccc(-c9nc(-c%10ccccc%10)nc(-c%10ccc(-c%11ccc%12c(c%11)n(C)c(=O)n%12C)cc%10)n9)c8)ccc67)cc5)n4)ccc3c21. The van der Waals surface area contributed by atoms with Crippen LogP contribution in [0.2, 0.25) is 0 Å². The summed E-state index contributed by atoms with van der Waals surface area (Å²) < 4.78 is 20.0. The third kappa shape index (κ3) is 10.3. The highest BCUT2D eigenvalue weighted by atomic mass is 16.3. The van der Waals surface area contributed by atoms with Gasteiger partial charge >= 0.3 is 11.4 Å². The molecule has 0 N–H and O–H groups in total. The van der Waals surface area contributed by atoms with E-state index in [0.29, 0.717) is 47.4 Å². The lowest BCUT2D eigenvalue weighted by atomic mass is 9.90. The molecule has 17 aromatic rings. The van der Waals surface area contributed by atoms with Crippen LogP contribution in [-0.2, 0) is 27.7 Å². The van der Waals surface area contributed by atoms with Crippen LogP contribution in [0.15, 0.2) is 273 Å². The lowest BCUT2D eigenvalue weighted by molar-refractivity contribution is 0.586. The third-order valence-electron chi connectivity index (χ3n) is 19.5. The molecule has 0 saturated heterocycles. The fraction of sp³-hybridized carbons (Fsp3) is 0.0824. The summed E-state index contributed by atoms with van der Waals surface area (Å²) >= 11 is 0. The van der Waals surface area contributed by atoms with E-state index in [1.165, 1.54) is 5.56 Å². The molecule has 1 unspecified atom stereocenters. The Bertz CT molecular complexity index is 6270. The first-order valence-electron chi connectivity index (χ1n) is 33.1. The molecule has 0 fully saturated rings. The van der Waals surface area contributed by atoms with Crippen molar-refractivity contribution in [3.63, 3.8) is 0 Å². The van der Waals surface area contributed by atoms with Crippen LogP contribution in [0.4, 0.5) is 0 Å². The van der Waals surface area contributed by atoms with Crippen molar-refractivity contribution in [3.8, 4) is 113 Å². The summed E-state index contributed by atoms with van der Waals surface area (Å²) in [6.07, 6.45) is 5.28. The largest absolute Gasteiger partial charge is 0.456 e. The molecule has 0 amide bonds. The lowest BCUT2D eigenvalue weighted by Crippen LogP contribution is -2.22. The second kappa shape index (κ2) is 23.5. The Labute approximate surface area is 567 Å². The molecule has 14 nitrogen and oxygen atoms in total. The van der Waals surface area contributed by atoms with Crippen LogP contribution in [0, 0.1) is 0 Å². The van der Waals surface area contributed by atoms with Crippen LogP contribution in [0.1, 0.15) is 36.1 Å². The fourth-order valence-corrected chi connectivity index (χ4v) is 14.2. The van der Waals surface area contributed by atoms with E-state index in [2.05, 4.69) is 146 Å². The van der Waals surface area contributed by atoms with Crippen LogP contribution >= 0.6 is 0 Å². The normalized spacial score (nSPS) is 13.0. The Morgan fingerprint density at radius 2 is 0.788 bits per heavy atom. The Morgan fingerprint density at radius 3 is 1.44 bits per heavy atom. The molecule has 1 atom stereocenters. The fourth-order valence-electron chi connectivity index (χ4n) is 14.2. The Hall–Kier alpha value is -12.9. The molecule has 11 aromatic carbocycles. The molecule has 1 aliphatic rings. The zero-order chi connectivity index (χ0) is 66.6. The summed E-state index contributed by atoms with van der Waals surface area (Å²) in [6, 6.07) is 84.2. The predicted octanol–water partition coefficient (Wildman–Crippen LogP) is 18.8. The first-order chi connectivity index (χ1) is 48.5. The molecule has 0 bridgehead atoms. The topological polar surface area (TPSA) is 157 Å². The van der Waals surface area contributed by atoms with E-state index < -0.39 is 0 Å². The van der Waals surface area contributed by atoms with Gasteiger partial charge in [0.2, 0.25) is 0 Å². The maximum Gasteiger partial charge on any atom is 0.329 e. The Balaban J connectivity index is 0.609. The van der Waals surface area contributed by atoms with Crippen molar-refractivity contribution < 1.29 is 8.83 Å². The van der Waals surface area contributed by atoms with Gasteiger partial charge in [0.15, 0.2) is 34.9 Å². The zero-order valence-corrected chi connectivity index (χ0v) is 54.4. The zero-order valence-electron chi connectivity index (χ0n) is 54.4. The second-order valence-corrected chi connectivity index (χ2v) is 25.6. The summed E-state index contributed by atoms with van der Waals surface area (Å²) in [5.74, 6) is 4.69. The number of rotatable bonds is 12. The molecule has 0 spiro atoms. The van der Waals surface area contributed by atoms with Gasteiger partial charge in [-0.05, 0) is 123 Å². The molecular formula is C85H60N10O4. The number of benzene rings is 11. The van der Waals surface area contributed by atoms with E-state index in [4.69, 9.17) is 38.7 Å². The van der Waals surface area contributed by atoms with Crippen molar-refractivity contribution in [2.75, 3.05) is 0 Å². The lowest BCUT2D eigenvalue weighted by Gasteiger charge is -2.13. The van der Waals surface area contributed by atoms with Gasteiger partial charge in [-0.2, -0.15) is 0 Å². The van der Waals surface area contributed by atoms with Gasteiger partial charge in [0, 0.05) is 76.2 Å². The number of hydrogen-bond donors (Lipinski definition) is 0. The minimum Gasteiger partial charge on any atom is -0.456 e. The van der Waals surface area contributed by atoms with Crippen LogP contribution in [-0.4, -0.2) is 48.2 Å². The number of aryl methyl sites for hydroxylation is 3. The summed E-state index contributed by atoms with van der Waals surface area (Å²) in [5.41, 5.74) is 20.9. The highest BCUT2D eigenvalue weighted by molar-refractivity contribution is 6.06. The molecule has 474 valence electrons. The first-order valence-corrected chi connectivity index (χ1v) is 33.1. The van der Waals surface area contributed by atoms with E-state index in [1.54, 1.807) is 27.8 Å². The quantitative estimate of drug-likeness (QED) is 0.115. The molecule has 1 aliphatic carbocycles. The predicted molar refractivity (Wildman–Crippen MR) is 395 cm³/mol. The van der Waals surface area contributed by atoms with Crippen molar-refractivity contribution in [1.29, 1.82) is 0 Å². The molecule has 0 saturated carbocycles. The smallest absolute Gasteiger partial charge is 0.329 e. The van der Waals surface area contributed by atoms with Gasteiger partial charge in [-0.1, -0.05) is 207 Å². The van der Waals surface area contributed by atoms with Crippen LogP contribution < -0.4 is 11.4 Å². The van der Waals surface area contributed by atoms with Crippen LogP contribution in [0.5, 0.6) is 0 Å². The molecule has 14 heteroatoms. The number of fused-ring (bicyclic) bond motifs is 8. The molecule has 0 aliphatic heterocycles. The van der Waals surface area contributed by atoms with Crippen LogP contribution in [0.3, 0.4) is 0 Å². The van der Waals surface area contributed by atoms with Gasteiger partial charge < -0.3 is 8.83 Å². The number of imidazole rings is 2. The average Bonchev–Trinajstić information content (AvgIpc) is 1.75. The average molecular weight is 1290 g/mol. The van der Waals surface area contributed by atoms with Crippen LogP contribution in [0.25, 0.3) is 174 Å². The minimum atomic E-state index is -0.115. The number of allylic oxidation sites excluding steroid dienone is 1. The summed E-state index contributed by atoms with van der Waals surface area (Å²) in [5, 5.41) is 3.13. The van der Waals surface area contributed by atoms with Crippen molar-refractivity contribution in [2.24, 2.45) is 21.1 Å². The highest BCUT2D eigenvalue weighted by Gasteiger charge is 2.24. The van der Waals surface area contributed by atoms with E-state index >= 15 is 0 Å². The Kier molecular flexibility index (Phi) is 13.9. The van der Waals surface area contributed by atoms with Gasteiger partial charge in [0.1, 0.15) is 22.5 Å². The van der Waals surface area contributed by atoms with Crippen molar-refractivity contribution >= 4 is 61.1 Å². The van der Waals surface area contributed by atoms with E-state index in [0.717, 1.165) is 151 Å². The molecule has 18 rings (SSSR count). The highest BCUT2D eigenvalue weighted by Crippen LogP contribution is 2.42. The molecule has 99 heavy (non-hydrogen) atoms. The summed E-state index contributed by atoms with van der Waals surface area (Å²) in [6.45, 7) is 2.60.